The number of rotatable bonds is 20. The molecule has 4 atom stereocenters. The monoisotopic (exact) mass is 498 g/mol. The van der Waals surface area contributed by atoms with Crippen LogP contribution < -0.4 is 0 Å². The largest absolute Gasteiger partial charge is 0.352 e. The van der Waals surface area contributed by atoms with Gasteiger partial charge < -0.3 is 14.2 Å². The van der Waals surface area contributed by atoms with Crippen molar-refractivity contribution in [2.24, 2.45) is 11.8 Å². The Hall–Kier alpha value is -0.780. The number of ether oxygens (including phenoxy) is 3. The predicted octanol–water partition coefficient (Wildman–Crippen LogP) is 9.02. The van der Waals surface area contributed by atoms with Gasteiger partial charge in [0.1, 0.15) is 0 Å². The Morgan fingerprint density at radius 2 is 0.971 bits per heavy atom. The van der Waals surface area contributed by atoms with E-state index in [1.54, 1.807) is 0 Å². The van der Waals surface area contributed by atoms with Gasteiger partial charge in [0.15, 0.2) is 12.6 Å². The molecule has 3 nitrogen and oxygen atoms in total. The lowest BCUT2D eigenvalue weighted by Gasteiger charge is -2.36. The highest BCUT2D eigenvalue weighted by Crippen LogP contribution is 2.30. The normalized spacial score (nSPS) is 25.7. The summed E-state index contributed by atoms with van der Waals surface area (Å²) < 4.78 is 42.8. The lowest BCUT2D eigenvalue weighted by atomic mass is 9.97. The smallest absolute Gasteiger partial charge is 0.166 e. The van der Waals surface area contributed by atoms with E-state index in [2.05, 4.69) is 24.3 Å². The molecule has 0 aliphatic carbocycles. The minimum atomic E-state index is -0.218. The average molecular weight is 499 g/mol. The minimum Gasteiger partial charge on any atom is -0.352 e. The maximum Gasteiger partial charge on any atom is 0.166 e. The Labute approximate surface area is 214 Å². The van der Waals surface area contributed by atoms with Crippen LogP contribution in [0.2, 0.25) is 0 Å². The second-order valence-corrected chi connectivity index (χ2v) is 10.3. The molecule has 2 rings (SSSR count). The molecular weight excluding hydrogens is 446 g/mol. The number of hydrogen-bond donors (Lipinski definition) is 0. The van der Waals surface area contributed by atoms with Gasteiger partial charge in [0, 0.05) is 25.0 Å². The van der Waals surface area contributed by atoms with Crippen LogP contribution in [0.3, 0.4) is 0 Å². The molecule has 0 amide bonds. The third kappa shape index (κ3) is 14.5. The highest BCUT2D eigenvalue weighted by molar-refractivity contribution is 4.94. The van der Waals surface area contributed by atoms with Crippen LogP contribution >= 0.6 is 0 Å². The van der Waals surface area contributed by atoms with Crippen molar-refractivity contribution >= 4 is 0 Å². The van der Waals surface area contributed by atoms with Crippen LogP contribution in [-0.4, -0.2) is 39.1 Å². The summed E-state index contributed by atoms with van der Waals surface area (Å²) in [5.74, 6) is 0.585. The second kappa shape index (κ2) is 21.3. The third-order valence-corrected chi connectivity index (χ3v) is 7.17. The molecule has 2 heterocycles. The van der Waals surface area contributed by atoms with Crippen molar-refractivity contribution in [2.75, 3.05) is 26.6 Å². The zero-order chi connectivity index (χ0) is 24.8. The summed E-state index contributed by atoms with van der Waals surface area (Å²) in [6.45, 7) is 1.16. The lowest BCUT2D eigenvalue weighted by Crippen LogP contribution is -2.40. The van der Waals surface area contributed by atoms with Crippen molar-refractivity contribution in [2.45, 2.75) is 128 Å². The summed E-state index contributed by atoms with van der Waals surface area (Å²) in [4.78, 5) is 0. The molecule has 0 spiro atoms. The van der Waals surface area contributed by atoms with E-state index in [1.165, 1.54) is 38.5 Å². The Morgan fingerprint density at radius 3 is 1.40 bits per heavy atom. The van der Waals surface area contributed by atoms with E-state index in [9.17, 15) is 8.78 Å². The van der Waals surface area contributed by atoms with Crippen molar-refractivity contribution in [3.8, 4) is 0 Å². The van der Waals surface area contributed by atoms with E-state index >= 15 is 0 Å². The molecule has 0 aromatic carbocycles. The molecule has 2 saturated heterocycles. The van der Waals surface area contributed by atoms with Crippen molar-refractivity contribution < 1.29 is 23.0 Å². The molecule has 2 aliphatic heterocycles. The average Bonchev–Trinajstić information content (AvgIpc) is 2.88. The molecule has 5 heteroatoms. The maximum atomic E-state index is 12.1. The second-order valence-electron chi connectivity index (χ2n) is 10.3. The number of halogens is 2. The number of unbranched alkanes of at least 4 members (excludes halogenated alkanes) is 12. The van der Waals surface area contributed by atoms with E-state index in [0.29, 0.717) is 24.7 Å². The molecule has 0 aromatic rings. The zero-order valence-electron chi connectivity index (χ0n) is 22.2. The van der Waals surface area contributed by atoms with Gasteiger partial charge in [-0.05, 0) is 64.2 Å². The molecule has 0 radical (unpaired) electrons. The van der Waals surface area contributed by atoms with E-state index in [-0.39, 0.29) is 25.9 Å². The molecule has 2 fully saturated rings. The van der Waals surface area contributed by atoms with Gasteiger partial charge >= 0.3 is 0 Å². The summed E-state index contributed by atoms with van der Waals surface area (Å²) >= 11 is 0. The summed E-state index contributed by atoms with van der Waals surface area (Å²) in [5.41, 5.74) is 0. The van der Waals surface area contributed by atoms with Crippen LogP contribution in [0.25, 0.3) is 0 Å². The summed E-state index contributed by atoms with van der Waals surface area (Å²) in [5, 5.41) is 0. The van der Waals surface area contributed by atoms with Crippen molar-refractivity contribution in [3.05, 3.63) is 24.3 Å². The Morgan fingerprint density at radius 1 is 0.571 bits per heavy atom. The van der Waals surface area contributed by atoms with Gasteiger partial charge in [0.25, 0.3) is 0 Å². The maximum absolute atomic E-state index is 12.1. The van der Waals surface area contributed by atoms with Gasteiger partial charge in [-0.3, -0.25) is 8.78 Å². The molecule has 0 saturated carbocycles. The molecule has 4 unspecified atom stereocenters. The van der Waals surface area contributed by atoms with Gasteiger partial charge in [-0.15, -0.1) is 0 Å². The van der Waals surface area contributed by atoms with Gasteiger partial charge in [-0.1, -0.05) is 75.7 Å². The van der Waals surface area contributed by atoms with E-state index < -0.39 is 0 Å². The molecule has 35 heavy (non-hydrogen) atoms. The van der Waals surface area contributed by atoms with Crippen LogP contribution in [0.5, 0.6) is 0 Å². The summed E-state index contributed by atoms with van der Waals surface area (Å²) in [6, 6.07) is 0. The highest BCUT2D eigenvalue weighted by atomic mass is 19.1. The fourth-order valence-corrected chi connectivity index (χ4v) is 5.01. The molecule has 0 aromatic heterocycles. The number of allylic oxidation sites excluding steroid dienone is 2. The fraction of sp³-hybridized carbons (Fsp3) is 0.867. The summed E-state index contributed by atoms with van der Waals surface area (Å²) in [7, 11) is 0. The van der Waals surface area contributed by atoms with Crippen LogP contribution in [0.1, 0.15) is 116 Å². The van der Waals surface area contributed by atoms with E-state index in [4.69, 9.17) is 14.2 Å². The van der Waals surface area contributed by atoms with E-state index in [0.717, 1.165) is 77.4 Å². The lowest BCUT2D eigenvalue weighted by molar-refractivity contribution is -0.286. The van der Waals surface area contributed by atoms with Crippen LogP contribution in [-0.2, 0) is 14.2 Å². The fourth-order valence-electron chi connectivity index (χ4n) is 5.01. The van der Waals surface area contributed by atoms with Crippen LogP contribution in [0.4, 0.5) is 8.78 Å². The molecule has 0 N–H and O–H groups in total. The van der Waals surface area contributed by atoms with Crippen molar-refractivity contribution in [1.29, 1.82) is 0 Å². The van der Waals surface area contributed by atoms with Crippen molar-refractivity contribution in [1.82, 2.24) is 0 Å². The van der Waals surface area contributed by atoms with Crippen LogP contribution in [0, 0.1) is 11.8 Å². The third-order valence-electron chi connectivity index (χ3n) is 7.17. The van der Waals surface area contributed by atoms with Gasteiger partial charge in [0.05, 0.1) is 13.3 Å². The zero-order valence-corrected chi connectivity index (χ0v) is 22.2. The van der Waals surface area contributed by atoms with Gasteiger partial charge in [-0.25, -0.2) is 0 Å². The first kappa shape index (κ1) is 30.4. The topological polar surface area (TPSA) is 27.7 Å². The first-order valence-electron chi connectivity index (χ1n) is 14.7. The first-order chi connectivity index (χ1) is 17.3. The Kier molecular flexibility index (Phi) is 18.5. The molecule has 204 valence electrons. The molecule has 0 bridgehead atoms. The predicted molar refractivity (Wildman–Crippen MR) is 141 cm³/mol. The number of hydrogen-bond acceptors (Lipinski definition) is 3. The van der Waals surface area contributed by atoms with Gasteiger partial charge in [0.2, 0.25) is 0 Å². The minimum absolute atomic E-state index is 0.178. The first-order valence-corrected chi connectivity index (χ1v) is 14.7. The Bertz CT molecular complexity index is 494. The van der Waals surface area contributed by atoms with E-state index in [1.807, 2.05) is 0 Å². The van der Waals surface area contributed by atoms with Gasteiger partial charge in [-0.2, -0.15) is 0 Å². The van der Waals surface area contributed by atoms with Crippen LogP contribution in [0.15, 0.2) is 24.3 Å². The molecular formula is C30H52F2O3. The SMILES string of the molecule is FCCCCCCCC/C=C\C1CCCOC1OC1OCCCC1/C=C\CCCCCCCCF. The Balaban J connectivity index is 1.67. The number of alkyl halides is 2. The summed E-state index contributed by atoms with van der Waals surface area (Å²) in [6.07, 6.45) is 28.3. The quantitative estimate of drug-likeness (QED) is 0.124. The molecule has 2 aliphatic rings. The highest BCUT2D eigenvalue weighted by Gasteiger charge is 2.32. The standard InChI is InChI=1S/C30H52F2O3/c31-23-15-11-7-3-1-5-9-13-19-27-21-17-25-33-29(27)35-30-28(22-18-26-34-30)20-14-10-6-2-4-8-12-16-24-32/h13-14,19-20,27-30H,1-12,15-18,21-26H2/b19-13-,20-14-. The van der Waals surface area contributed by atoms with Crippen molar-refractivity contribution in [3.63, 3.8) is 0 Å².